The molecule has 0 aromatic carbocycles. The van der Waals surface area contributed by atoms with Gasteiger partial charge in [-0.05, 0) is 32.6 Å². The van der Waals surface area contributed by atoms with Gasteiger partial charge in [0, 0.05) is 24.1 Å². The van der Waals surface area contributed by atoms with Gasteiger partial charge in [-0.2, -0.15) is 0 Å². The Morgan fingerprint density at radius 2 is 1.86 bits per heavy atom. The predicted octanol–water partition coefficient (Wildman–Crippen LogP) is 3.45. The van der Waals surface area contributed by atoms with E-state index in [2.05, 4.69) is 9.88 Å². The average molecular weight is 310 g/mol. The molecule has 1 aromatic heterocycles. The molecule has 3 rings (SSSR count). The third kappa shape index (κ3) is 3.32. The van der Waals surface area contributed by atoms with Gasteiger partial charge in [0.25, 0.3) is 0 Å². The zero-order valence-electron chi connectivity index (χ0n) is 12.7. The lowest BCUT2D eigenvalue weighted by Gasteiger charge is -2.36. The number of halogens is 1. The van der Waals surface area contributed by atoms with Crippen molar-refractivity contribution in [1.82, 2.24) is 9.97 Å². The Balaban J connectivity index is 1.93. The van der Waals surface area contributed by atoms with Crippen LogP contribution in [0.3, 0.4) is 0 Å². The minimum Gasteiger partial charge on any atom is -0.395 e. The van der Waals surface area contributed by atoms with Crippen LogP contribution < -0.4 is 4.90 Å². The number of aliphatic hydroxyl groups is 1. The Hall–Kier alpha value is -0.870. The fraction of sp³-hybridized carbons (Fsp3) is 0.750. The van der Waals surface area contributed by atoms with E-state index in [0.717, 1.165) is 17.2 Å². The minimum absolute atomic E-state index is 0.149. The van der Waals surface area contributed by atoms with Crippen molar-refractivity contribution in [2.75, 3.05) is 18.1 Å². The highest BCUT2D eigenvalue weighted by Gasteiger charge is 2.30. The van der Waals surface area contributed by atoms with Gasteiger partial charge in [0.2, 0.25) is 0 Å². The Kier molecular flexibility index (Phi) is 4.65. The van der Waals surface area contributed by atoms with Crippen molar-refractivity contribution >= 4 is 17.4 Å². The first-order valence-electron chi connectivity index (χ1n) is 8.12. The second-order valence-electron chi connectivity index (χ2n) is 6.30. The molecule has 0 aliphatic heterocycles. The first-order chi connectivity index (χ1) is 10.2. The molecular weight excluding hydrogens is 286 g/mol. The standard InChI is InChI=1S/C16H24ClN3O/c1-11-14(17)18-15(12-7-8-12)19-16(11)20(9-10-21)13-5-3-2-4-6-13/h12-13,21H,2-10H2,1H3. The zero-order valence-corrected chi connectivity index (χ0v) is 13.4. The number of rotatable bonds is 5. The van der Waals surface area contributed by atoms with Gasteiger partial charge in [0.05, 0.1) is 6.61 Å². The van der Waals surface area contributed by atoms with Crippen molar-refractivity contribution in [3.63, 3.8) is 0 Å². The van der Waals surface area contributed by atoms with Crippen molar-refractivity contribution < 1.29 is 5.11 Å². The van der Waals surface area contributed by atoms with Gasteiger partial charge in [-0.1, -0.05) is 30.9 Å². The van der Waals surface area contributed by atoms with Gasteiger partial charge in [-0.3, -0.25) is 0 Å². The zero-order chi connectivity index (χ0) is 14.8. The molecular formula is C16H24ClN3O. The third-order valence-corrected chi connectivity index (χ3v) is 5.02. The van der Waals surface area contributed by atoms with E-state index >= 15 is 0 Å². The Labute approximate surface area is 131 Å². The predicted molar refractivity (Wildman–Crippen MR) is 85.1 cm³/mol. The summed E-state index contributed by atoms with van der Waals surface area (Å²) in [6.45, 7) is 2.76. The largest absolute Gasteiger partial charge is 0.395 e. The summed E-state index contributed by atoms with van der Waals surface area (Å²) in [7, 11) is 0. The summed E-state index contributed by atoms with van der Waals surface area (Å²) < 4.78 is 0. The molecule has 4 nitrogen and oxygen atoms in total. The first kappa shape index (κ1) is 15.0. The molecule has 0 saturated heterocycles. The summed E-state index contributed by atoms with van der Waals surface area (Å²) in [5.41, 5.74) is 0.945. The molecule has 0 amide bonds. The molecule has 0 spiro atoms. The van der Waals surface area contributed by atoms with Crippen molar-refractivity contribution in [3.05, 3.63) is 16.5 Å². The topological polar surface area (TPSA) is 49.2 Å². The fourth-order valence-corrected chi connectivity index (χ4v) is 3.43. The Morgan fingerprint density at radius 1 is 1.14 bits per heavy atom. The lowest BCUT2D eigenvalue weighted by atomic mass is 9.94. The molecule has 2 aliphatic carbocycles. The van der Waals surface area contributed by atoms with E-state index in [9.17, 15) is 5.11 Å². The van der Waals surface area contributed by atoms with Crippen LogP contribution in [0.4, 0.5) is 5.82 Å². The molecule has 1 aromatic rings. The highest BCUT2D eigenvalue weighted by atomic mass is 35.5. The van der Waals surface area contributed by atoms with Crippen LogP contribution in [0.5, 0.6) is 0 Å². The maximum atomic E-state index is 9.46. The number of nitrogens with zero attached hydrogens (tertiary/aromatic N) is 3. The van der Waals surface area contributed by atoms with E-state index in [1.165, 1.54) is 44.9 Å². The normalized spacial score (nSPS) is 19.8. The van der Waals surface area contributed by atoms with Crippen LogP contribution in [-0.2, 0) is 0 Å². The van der Waals surface area contributed by atoms with Crippen LogP contribution >= 0.6 is 11.6 Å². The smallest absolute Gasteiger partial charge is 0.137 e. The summed E-state index contributed by atoms with van der Waals surface area (Å²) in [5.74, 6) is 2.32. The number of aromatic nitrogens is 2. The third-order valence-electron chi connectivity index (χ3n) is 4.65. The number of aliphatic hydroxyl groups excluding tert-OH is 1. The van der Waals surface area contributed by atoms with E-state index in [1.54, 1.807) is 0 Å². The molecule has 2 fully saturated rings. The molecule has 0 radical (unpaired) electrons. The molecule has 21 heavy (non-hydrogen) atoms. The fourth-order valence-electron chi connectivity index (χ4n) is 3.26. The van der Waals surface area contributed by atoms with Crippen molar-refractivity contribution in [2.24, 2.45) is 0 Å². The van der Waals surface area contributed by atoms with Crippen LogP contribution in [0.25, 0.3) is 0 Å². The van der Waals surface area contributed by atoms with Gasteiger partial charge in [0.1, 0.15) is 16.8 Å². The van der Waals surface area contributed by atoms with E-state index in [1.807, 2.05) is 6.92 Å². The molecule has 2 saturated carbocycles. The van der Waals surface area contributed by atoms with E-state index in [0.29, 0.717) is 23.7 Å². The molecule has 2 aliphatic rings. The van der Waals surface area contributed by atoms with Crippen LogP contribution in [0.2, 0.25) is 5.15 Å². The van der Waals surface area contributed by atoms with Gasteiger partial charge in [-0.25, -0.2) is 9.97 Å². The summed E-state index contributed by atoms with van der Waals surface area (Å²) in [6, 6.07) is 0.475. The highest BCUT2D eigenvalue weighted by Crippen LogP contribution is 2.40. The quantitative estimate of drug-likeness (QED) is 0.846. The molecule has 0 bridgehead atoms. The van der Waals surface area contributed by atoms with Crippen LogP contribution in [0, 0.1) is 6.92 Å². The summed E-state index contributed by atoms with van der Waals surface area (Å²) in [5, 5.41) is 10.0. The minimum atomic E-state index is 0.149. The van der Waals surface area contributed by atoms with Crippen molar-refractivity contribution in [3.8, 4) is 0 Å². The van der Waals surface area contributed by atoms with Gasteiger partial charge in [-0.15, -0.1) is 0 Å². The lowest BCUT2D eigenvalue weighted by Crippen LogP contribution is -2.40. The number of hydrogen-bond acceptors (Lipinski definition) is 4. The Bertz CT molecular complexity index is 499. The number of anilines is 1. The second kappa shape index (κ2) is 6.49. The number of hydrogen-bond donors (Lipinski definition) is 1. The van der Waals surface area contributed by atoms with Crippen LogP contribution in [0.1, 0.15) is 62.3 Å². The maximum absolute atomic E-state index is 9.46. The lowest BCUT2D eigenvalue weighted by molar-refractivity contribution is 0.289. The van der Waals surface area contributed by atoms with Crippen LogP contribution in [0.15, 0.2) is 0 Å². The van der Waals surface area contributed by atoms with E-state index < -0.39 is 0 Å². The monoisotopic (exact) mass is 309 g/mol. The molecule has 0 atom stereocenters. The Morgan fingerprint density at radius 3 is 2.48 bits per heavy atom. The molecule has 1 heterocycles. The van der Waals surface area contributed by atoms with Crippen molar-refractivity contribution in [1.29, 1.82) is 0 Å². The van der Waals surface area contributed by atoms with Crippen LogP contribution in [-0.4, -0.2) is 34.3 Å². The molecule has 1 N–H and O–H groups in total. The van der Waals surface area contributed by atoms with Gasteiger partial charge < -0.3 is 10.0 Å². The molecule has 5 heteroatoms. The average Bonchev–Trinajstić information content (AvgIpc) is 3.33. The van der Waals surface area contributed by atoms with Gasteiger partial charge in [0.15, 0.2) is 0 Å². The molecule has 116 valence electrons. The van der Waals surface area contributed by atoms with E-state index in [4.69, 9.17) is 16.6 Å². The second-order valence-corrected chi connectivity index (χ2v) is 6.66. The SMILES string of the molecule is Cc1c(Cl)nc(C2CC2)nc1N(CCO)C1CCCCC1. The summed E-state index contributed by atoms with van der Waals surface area (Å²) in [4.78, 5) is 11.5. The first-order valence-corrected chi connectivity index (χ1v) is 8.50. The van der Waals surface area contributed by atoms with Gasteiger partial charge >= 0.3 is 0 Å². The molecule has 0 unspecified atom stereocenters. The maximum Gasteiger partial charge on any atom is 0.137 e. The highest BCUT2D eigenvalue weighted by molar-refractivity contribution is 6.30. The summed E-state index contributed by atoms with van der Waals surface area (Å²) in [6.07, 6.45) is 8.55. The van der Waals surface area contributed by atoms with E-state index in [-0.39, 0.29) is 6.61 Å². The van der Waals surface area contributed by atoms with Crippen molar-refractivity contribution in [2.45, 2.75) is 63.8 Å². The summed E-state index contributed by atoms with van der Waals surface area (Å²) >= 11 is 6.33.